The molecule has 3 amide bonds. The standard InChI is InChI=1S/C12H13N3O3.ClH/c13-8-3-1-2-7(6-8)11(17)14-9-4-5-10(16)15-12(9)18;/h1-3,6,9H,4-5,13H2,(H,14,17)(H,15,16,18);1H. The zero-order valence-electron chi connectivity index (χ0n) is 10.0. The van der Waals surface area contributed by atoms with E-state index in [9.17, 15) is 14.4 Å². The molecule has 0 bridgehead atoms. The van der Waals surface area contributed by atoms with Crippen LogP contribution in [0.4, 0.5) is 5.69 Å². The number of hydrogen-bond donors (Lipinski definition) is 3. The van der Waals surface area contributed by atoms with E-state index in [2.05, 4.69) is 10.6 Å². The zero-order valence-corrected chi connectivity index (χ0v) is 10.8. The van der Waals surface area contributed by atoms with Crippen molar-refractivity contribution < 1.29 is 14.4 Å². The van der Waals surface area contributed by atoms with Crippen LogP contribution in [-0.2, 0) is 9.59 Å². The summed E-state index contributed by atoms with van der Waals surface area (Å²) in [4.78, 5) is 34.3. The third-order valence-electron chi connectivity index (χ3n) is 2.69. The van der Waals surface area contributed by atoms with Gasteiger partial charge in [-0.3, -0.25) is 19.7 Å². The lowest BCUT2D eigenvalue weighted by atomic mass is 10.1. The first-order valence-corrected chi connectivity index (χ1v) is 5.56. The fraction of sp³-hybridized carbons (Fsp3) is 0.250. The molecule has 102 valence electrons. The van der Waals surface area contributed by atoms with Gasteiger partial charge in [0, 0.05) is 17.7 Å². The topological polar surface area (TPSA) is 101 Å². The van der Waals surface area contributed by atoms with Crippen LogP contribution < -0.4 is 16.4 Å². The summed E-state index contributed by atoms with van der Waals surface area (Å²) < 4.78 is 0. The van der Waals surface area contributed by atoms with E-state index in [0.717, 1.165) is 0 Å². The molecular formula is C12H14ClN3O3. The summed E-state index contributed by atoms with van der Waals surface area (Å²) in [5.41, 5.74) is 6.44. The first-order valence-electron chi connectivity index (χ1n) is 5.56. The monoisotopic (exact) mass is 283 g/mol. The maximum atomic E-state index is 11.9. The normalized spacial score (nSPS) is 18.2. The van der Waals surface area contributed by atoms with E-state index in [4.69, 9.17) is 5.73 Å². The minimum Gasteiger partial charge on any atom is -0.399 e. The van der Waals surface area contributed by atoms with Gasteiger partial charge < -0.3 is 11.1 Å². The number of imide groups is 1. The average molecular weight is 284 g/mol. The number of nitrogen functional groups attached to an aromatic ring is 1. The summed E-state index contributed by atoms with van der Waals surface area (Å²) >= 11 is 0. The number of piperidine rings is 1. The number of nitrogens with two attached hydrogens (primary N) is 1. The second-order valence-electron chi connectivity index (χ2n) is 4.10. The van der Waals surface area contributed by atoms with Crippen molar-refractivity contribution in [1.82, 2.24) is 10.6 Å². The van der Waals surface area contributed by atoms with Gasteiger partial charge in [-0.2, -0.15) is 0 Å². The Balaban J connectivity index is 0.00000180. The molecular weight excluding hydrogens is 270 g/mol. The molecule has 2 rings (SSSR count). The van der Waals surface area contributed by atoms with Gasteiger partial charge in [0.2, 0.25) is 11.8 Å². The van der Waals surface area contributed by atoms with E-state index < -0.39 is 11.9 Å². The number of carbonyl (C=O) groups is 3. The van der Waals surface area contributed by atoms with E-state index >= 15 is 0 Å². The largest absolute Gasteiger partial charge is 0.399 e. The quantitative estimate of drug-likeness (QED) is 0.534. The van der Waals surface area contributed by atoms with Gasteiger partial charge in [-0.1, -0.05) is 6.07 Å². The number of rotatable bonds is 2. The van der Waals surface area contributed by atoms with Gasteiger partial charge >= 0.3 is 0 Å². The molecule has 0 saturated carbocycles. The van der Waals surface area contributed by atoms with Crippen LogP contribution in [0.25, 0.3) is 0 Å². The molecule has 1 aliphatic heterocycles. The highest BCUT2D eigenvalue weighted by molar-refractivity contribution is 6.03. The van der Waals surface area contributed by atoms with Gasteiger partial charge in [0.05, 0.1) is 0 Å². The predicted octanol–water partition coefficient (Wildman–Crippen LogP) is 0.226. The summed E-state index contributed by atoms with van der Waals surface area (Å²) in [6.07, 6.45) is 0.548. The second-order valence-corrected chi connectivity index (χ2v) is 4.10. The number of hydrogen-bond acceptors (Lipinski definition) is 4. The number of carbonyl (C=O) groups excluding carboxylic acids is 3. The second kappa shape index (κ2) is 6.19. The van der Waals surface area contributed by atoms with Gasteiger partial charge in [-0.25, -0.2) is 0 Å². The molecule has 0 radical (unpaired) electrons. The van der Waals surface area contributed by atoms with Gasteiger partial charge in [0.25, 0.3) is 5.91 Å². The highest BCUT2D eigenvalue weighted by Gasteiger charge is 2.27. The Morgan fingerprint density at radius 1 is 1.37 bits per heavy atom. The molecule has 1 aliphatic rings. The van der Waals surface area contributed by atoms with E-state index in [1.54, 1.807) is 18.2 Å². The molecule has 1 aromatic carbocycles. The van der Waals surface area contributed by atoms with E-state index in [0.29, 0.717) is 17.7 Å². The summed E-state index contributed by atoms with van der Waals surface area (Å²) in [5, 5.41) is 4.75. The highest BCUT2D eigenvalue weighted by atomic mass is 35.5. The first-order chi connectivity index (χ1) is 8.56. The minimum absolute atomic E-state index is 0. The Morgan fingerprint density at radius 3 is 2.74 bits per heavy atom. The zero-order chi connectivity index (χ0) is 13.1. The molecule has 1 aromatic rings. The van der Waals surface area contributed by atoms with E-state index in [-0.39, 0.29) is 30.6 Å². The van der Waals surface area contributed by atoms with Gasteiger partial charge in [-0.15, -0.1) is 12.4 Å². The summed E-state index contributed by atoms with van der Waals surface area (Å²) in [7, 11) is 0. The molecule has 4 N–H and O–H groups in total. The van der Waals surface area contributed by atoms with Gasteiger partial charge in [-0.05, 0) is 24.6 Å². The number of amides is 3. The van der Waals surface area contributed by atoms with Crippen molar-refractivity contribution in [3.8, 4) is 0 Å². The molecule has 1 fully saturated rings. The number of halogens is 1. The number of anilines is 1. The highest BCUT2D eigenvalue weighted by Crippen LogP contribution is 2.09. The average Bonchev–Trinajstić information content (AvgIpc) is 2.32. The maximum Gasteiger partial charge on any atom is 0.252 e. The van der Waals surface area contributed by atoms with E-state index in [1.165, 1.54) is 6.07 Å². The fourth-order valence-corrected chi connectivity index (χ4v) is 1.75. The van der Waals surface area contributed by atoms with Crippen LogP contribution in [-0.4, -0.2) is 23.8 Å². The van der Waals surface area contributed by atoms with Crippen molar-refractivity contribution in [3.05, 3.63) is 29.8 Å². The Morgan fingerprint density at radius 2 is 2.11 bits per heavy atom. The van der Waals surface area contributed by atoms with Crippen molar-refractivity contribution in [1.29, 1.82) is 0 Å². The Kier molecular flexibility index (Phi) is 4.88. The molecule has 1 saturated heterocycles. The smallest absolute Gasteiger partial charge is 0.252 e. The van der Waals surface area contributed by atoms with Crippen molar-refractivity contribution in [2.45, 2.75) is 18.9 Å². The molecule has 0 aromatic heterocycles. The SMILES string of the molecule is Cl.Nc1cccc(C(=O)NC2CCC(=O)NC2=O)c1. The predicted molar refractivity (Wildman–Crippen MR) is 71.7 cm³/mol. The van der Waals surface area contributed by atoms with Gasteiger partial charge in [0.15, 0.2) is 0 Å². The van der Waals surface area contributed by atoms with Crippen LogP contribution in [0.15, 0.2) is 24.3 Å². The maximum absolute atomic E-state index is 11.9. The Hall–Kier alpha value is -2.08. The summed E-state index contributed by atoms with van der Waals surface area (Å²) in [6, 6.07) is 5.80. The van der Waals surface area contributed by atoms with Crippen LogP contribution in [0.1, 0.15) is 23.2 Å². The lowest BCUT2D eigenvalue weighted by Gasteiger charge is -2.21. The number of nitrogens with one attached hydrogen (secondary N) is 2. The molecule has 6 nitrogen and oxygen atoms in total. The molecule has 7 heteroatoms. The third-order valence-corrected chi connectivity index (χ3v) is 2.69. The molecule has 0 aliphatic carbocycles. The fourth-order valence-electron chi connectivity index (χ4n) is 1.75. The molecule has 1 atom stereocenters. The first kappa shape index (κ1) is 15.0. The lowest BCUT2D eigenvalue weighted by molar-refractivity contribution is -0.134. The van der Waals surface area contributed by atoms with Crippen LogP contribution >= 0.6 is 12.4 Å². The van der Waals surface area contributed by atoms with Crippen LogP contribution in [0.5, 0.6) is 0 Å². The number of benzene rings is 1. The molecule has 1 unspecified atom stereocenters. The van der Waals surface area contributed by atoms with Crippen molar-refractivity contribution in [2.75, 3.05) is 5.73 Å². The Labute approximate surface area is 116 Å². The lowest BCUT2D eigenvalue weighted by Crippen LogP contribution is -2.52. The van der Waals surface area contributed by atoms with Crippen molar-refractivity contribution >= 4 is 35.8 Å². The van der Waals surface area contributed by atoms with Crippen molar-refractivity contribution in [2.24, 2.45) is 0 Å². The summed E-state index contributed by atoms with van der Waals surface area (Å²) in [6.45, 7) is 0. The summed E-state index contributed by atoms with van der Waals surface area (Å²) in [5.74, 6) is -1.16. The van der Waals surface area contributed by atoms with Crippen LogP contribution in [0.3, 0.4) is 0 Å². The van der Waals surface area contributed by atoms with Crippen molar-refractivity contribution in [3.63, 3.8) is 0 Å². The minimum atomic E-state index is -0.670. The third kappa shape index (κ3) is 3.69. The molecule has 0 spiro atoms. The van der Waals surface area contributed by atoms with Crippen LogP contribution in [0, 0.1) is 0 Å². The molecule has 1 heterocycles. The Bertz CT molecular complexity index is 519. The van der Waals surface area contributed by atoms with Crippen LogP contribution in [0.2, 0.25) is 0 Å². The van der Waals surface area contributed by atoms with Gasteiger partial charge in [0.1, 0.15) is 6.04 Å². The van der Waals surface area contributed by atoms with E-state index in [1.807, 2.05) is 0 Å². The molecule has 19 heavy (non-hydrogen) atoms.